The number of carbonyl (C=O) groups excluding carboxylic acids is 2. The van der Waals surface area contributed by atoms with Gasteiger partial charge in [0.1, 0.15) is 12.2 Å². The smallest absolute Gasteiger partial charge is 0.371 e. The SMILES string of the molecule is CC1(C)OCCO[C@H](CNC(=O)c2ccccc2C(F)(F)F)[C@H](CNC(=O)c2ccccc2)O1. The largest absolute Gasteiger partial charge is 0.417 e. The van der Waals surface area contributed by atoms with E-state index in [0.717, 1.165) is 12.1 Å². The van der Waals surface area contributed by atoms with E-state index >= 15 is 0 Å². The minimum absolute atomic E-state index is 0.0280. The summed E-state index contributed by atoms with van der Waals surface area (Å²) in [6.07, 6.45) is -6.17. The second kappa shape index (κ2) is 11.0. The molecule has 2 amide bonds. The summed E-state index contributed by atoms with van der Waals surface area (Å²) in [6.45, 7) is 3.71. The second-order valence-electron chi connectivity index (χ2n) is 8.14. The lowest BCUT2D eigenvalue weighted by molar-refractivity contribution is -0.277. The van der Waals surface area contributed by atoms with Crippen LogP contribution in [0.25, 0.3) is 0 Å². The maximum absolute atomic E-state index is 13.3. The number of nitrogens with one attached hydrogen (secondary N) is 2. The average molecular weight is 480 g/mol. The molecular formula is C24H27F3N2O5. The number of hydrogen-bond acceptors (Lipinski definition) is 5. The van der Waals surface area contributed by atoms with Crippen molar-refractivity contribution in [1.29, 1.82) is 0 Å². The van der Waals surface area contributed by atoms with Crippen molar-refractivity contribution < 1.29 is 37.0 Å². The quantitative estimate of drug-likeness (QED) is 0.662. The Morgan fingerprint density at radius 2 is 1.53 bits per heavy atom. The molecule has 2 atom stereocenters. The van der Waals surface area contributed by atoms with E-state index in [1.807, 2.05) is 0 Å². The summed E-state index contributed by atoms with van der Waals surface area (Å²) >= 11 is 0. The molecule has 1 fully saturated rings. The van der Waals surface area contributed by atoms with E-state index < -0.39 is 41.2 Å². The van der Waals surface area contributed by atoms with Crippen LogP contribution in [0.4, 0.5) is 13.2 Å². The molecule has 1 heterocycles. The molecule has 0 aromatic heterocycles. The molecule has 2 N–H and O–H groups in total. The zero-order chi connectivity index (χ0) is 24.8. The molecule has 7 nitrogen and oxygen atoms in total. The summed E-state index contributed by atoms with van der Waals surface area (Å²) in [7, 11) is 0. The van der Waals surface area contributed by atoms with Crippen molar-refractivity contribution in [1.82, 2.24) is 10.6 Å². The van der Waals surface area contributed by atoms with Crippen molar-refractivity contribution in [3.8, 4) is 0 Å². The molecule has 0 unspecified atom stereocenters. The van der Waals surface area contributed by atoms with Crippen molar-refractivity contribution in [2.24, 2.45) is 0 Å². The molecule has 1 saturated heterocycles. The van der Waals surface area contributed by atoms with Gasteiger partial charge in [0.2, 0.25) is 0 Å². The van der Waals surface area contributed by atoms with Gasteiger partial charge in [0, 0.05) is 18.7 Å². The summed E-state index contributed by atoms with van der Waals surface area (Å²) in [4.78, 5) is 25.1. The van der Waals surface area contributed by atoms with Crippen LogP contribution in [0, 0.1) is 0 Å². The number of amides is 2. The van der Waals surface area contributed by atoms with Gasteiger partial charge < -0.3 is 24.8 Å². The average Bonchev–Trinajstić information content (AvgIpc) is 2.80. The van der Waals surface area contributed by atoms with Gasteiger partial charge in [0.05, 0.1) is 24.3 Å². The summed E-state index contributed by atoms with van der Waals surface area (Å²) < 4.78 is 57.3. The monoisotopic (exact) mass is 480 g/mol. The van der Waals surface area contributed by atoms with Crippen LogP contribution < -0.4 is 10.6 Å². The lowest BCUT2D eigenvalue weighted by Gasteiger charge is -2.37. The Morgan fingerprint density at radius 1 is 0.912 bits per heavy atom. The van der Waals surface area contributed by atoms with Gasteiger partial charge in [0.15, 0.2) is 5.79 Å². The highest BCUT2D eigenvalue weighted by molar-refractivity contribution is 5.96. The van der Waals surface area contributed by atoms with Gasteiger partial charge in [-0.25, -0.2) is 0 Å². The highest BCUT2D eigenvalue weighted by Crippen LogP contribution is 2.31. The molecule has 2 aromatic rings. The molecule has 0 radical (unpaired) electrons. The van der Waals surface area contributed by atoms with Gasteiger partial charge in [0.25, 0.3) is 11.8 Å². The molecule has 184 valence electrons. The fraction of sp³-hybridized carbons (Fsp3) is 0.417. The Hall–Kier alpha value is -2.95. The van der Waals surface area contributed by atoms with E-state index in [0.29, 0.717) is 5.56 Å². The maximum atomic E-state index is 13.3. The third-order valence-corrected chi connectivity index (χ3v) is 5.16. The molecule has 0 bridgehead atoms. The van der Waals surface area contributed by atoms with E-state index in [4.69, 9.17) is 14.2 Å². The van der Waals surface area contributed by atoms with Crippen LogP contribution in [0.5, 0.6) is 0 Å². The fourth-order valence-corrected chi connectivity index (χ4v) is 3.53. The Kier molecular flexibility index (Phi) is 8.29. The summed E-state index contributed by atoms with van der Waals surface area (Å²) in [5, 5.41) is 5.28. The molecule has 10 heteroatoms. The van der Waals surface area contributed by atoms with E-state index in [1.54, 1.807) is 44.2 Å². The second-order valence-corrected chi connectivity index (χ2v) is 8.14. The predicted molar refractivity (Wildman–Crippen MR) is 117 cm³/mol. The molecule has 0 spiro atoms. The Morgan fingerprint density at radius 3 is 2.24 bits per heavy atom. The number of hydrogen-bond donors (Lipinski definition) is 2. The number of ether oxygens (including phenoxy) is 3. The van der Waals surface area contributed by atoms with Crippen LogP contribution in [-0.2, 0) is 20.4 Å². The van der Waals surface area contributed by atoms with Crippen LogP contribution in [0.15, 0.2) is 54.6 Å². The van der Waals surface area contributed by atoms with Gasteiger partial charge in [-0.15, -0.1) is 0 Å². The highest BCUT2D eigenvalue weighted by atomic mass is 19.4. The molecule has 1 aliphatic rings. The standard InChI is InChI=1S/C24H27F3N2O5/c1-23(2)33-13-12-32-19(20(34-23)15-28-21(30)16-8-4-3-5-9-16)14-29-22(31)17-10-6-7-11-18(17)24(25,26)27/h3-11,19-20H,12-15H2,1-2H3,(H,28,30)(H,29,31)/t19-,20+/m1/s1. The summed E-state index contributed by atoms with van der Waals surface area (Å²) in [5.74, 6) is -2.22. The molecule has 0 aliphatic carbocycles. The number of rotatable bonds is 6. The van der Waals surface area contributed by atoms with Crippen LogP contribution in [0.2, 0.25) is 0 Å². The fourth-order valence-electron chi connectivity index (χ4n) is 3.53. The van der Waals surface area contributed by atoms with Crippen molar-refractivity contribution in [2.45, 2.75) is 38.0 Å². The van der Waals surface area contributed by atoms with E-state index in [1.165, 1.54) is 12.1 Å². The molecule has 3 rings (SSSR count). The number of halogens is 3. The molecule has 2 aromatic carbocycles. The van der Waals surface area contributed by atoms with Gasteiger partial charge in [-0.05, 0) is 38.1 Å². The third kappa shape index (κ3) is 7.02. The highest BCUT2D eigenvalue weighted by Gasteiger charge is 2.36. The van der Waals surface area contributed by atoms with Crippen LogP contribution in [0.3, 0.4) is 0 Å². The molecule has 34 heavy (non-hydrogen) atoms. The van der Waals surface area contributed by atoms with Crippen molar-refractivity contribution in [3.63, 3.8) is 0 Å². The lowest BCUT2D eigenvalue weighted by atomic mass is 10.1. The van der Waals surface area contributed by atoms with Gasteiger partial charge >= 0.3 is 6.18 Å². The zero-order valence-electron chi connectivity index (χ0n) is 18.9. The first-order valence-electron chi connectivity index (χ1n) is 10.8. The van der Waals surface area contributed by atoms with E-state index in [2.05, 4.69) is 10.6 Å². The summed E-state index contributed by atoms with van der Waals surface area (Å²) in [5.41, 5.74) is -1.05. The number of alkyl halides is 3. The molecule has 1 aliphatic heterocycles. The first-order chi connectivity index (χ1) is 16.1. The van der Waals surface area contributed by atoms with E-state index in [9.17, 15) is 22.8 Å². The minimum atomic E-state index is -4.67. The Labute approximate surface area is 195 Å². The van der Waals surface area contributed by atoms with Gasteiger partial charge in [-0.2, -0.15) is 13.2 Å². The van der Waals surface area contributed by atoms with Gasteiger partial charge in [-0.3, -0.25) is 9.59 Å². The van der Waals surface area contributed by atoms with E-state index in [-0.39, 0.29) is 32.2 Å². The van der Waals surface area contributed by atoms with Crippen LogP contribution >= 0.6 is 0 Å². The Balaban J connectivity index is 1.71. The van der Waals surface area contributed by atoms with Crippen LogP contribution in [-0.4, -0.2) is 56.1 Å². The van der Waals surface area contributed by atoms with Crippen molar-refractivity contribution >= 4 is 11.8 Å². The number of carbonyl (C=O) groups is 2. The Bertz CT molecular complexity index is 982. The van der Waals surface area contributed by atoms with Crippen LogP contribution in [0.1, 0.15) is 40.1 Å². The maximum Gasteiger partial charge on any atom is 0.417 e. The third-order valence-electron chi connectivity index (χ3n) is 5.16. The first-order valence-corrected chi connectivity index (χ1v) is 10.8. The number of benzene rings is 2. The topological polar surface area (TPSA) is 85.9 Å². The molecule has 0 saturated carbocycles. The lowest BCUT2D eigenvalue weighted by Crippen LogP contribution is -2.52. The normalized spacial score (nSPS) is 20.6. The van der Waals surface area contributed by atoms with Gasteiger partial charge in [-0.1, -0.05) is 30.3 Å². The van der Waals surface area contributed by atoms with Crippen molar-refractivity contribution in [2.75, 3.05) is 26.3 Å². The zero-order valence-corrected chi connectivity index (χ0v) is 18.9. The minimum Gasteiger partial charge on any atom is -0.371 e. The molecular weight excluding hydrogens is 453 g/mol. The summed E-state index contributed by atoms with van der Waals surface area (Å²) in [6, 6.07) is 13.1. The predicted octanol–water partition coefficient (Wildman–Crippen LogP) is 3.40. The first kappa shape index (κ1) is 25.7. The van der Waals surface area contributed by atoms with Crippen molar-refractivity contribution in [3.05, 3.63) is 71.3 Å².